The molecule has 2 unspecified atom stereocenters. The molecule has 0 fully saturated rings. The minimum absolute atomic E-state index is 0.0541. The van der Waals surface area contributed by atoms with Crippen LogP contribution in [0.3, 0.4) is 0 Å². The van der Waals surface area contributed by atoms with Crippen LogP contribution in [0.4, 0.5) is 0 Å². The molecule has 0 aliphatic heterocycles. The second-order valence-corrected chi connectivity index (χ2v) is 7.15. The molecule has 1 rings (SSSR count). The van der Waals surface area contributed by atoms with E-state index in [0.717, 1.165) is 17.7 Å². The maximum absolute atomic E-state index is 12.5. The quantitative estimate of drug-likeness (QED) is 0.893. The number of sulfone groups is 1. The third-order valence-corrected chi connectivity index (χ3v) is 5.82. The van der Waals surface area contributed by atoms with Crippen molar-refractivity contribution in [2.75, 3.05) is 6.54 Å². The summed E-state index contributed by atoms with van der Waals surface area (Å²) in [5, 5.41) is 2.74. The first-order chi connectivity index (χ1) is 8.30. The minimum Gasteiger partial charge on any atom is -0.313 e. The summed E-state index contributed by atoms with van der Waals surface area (Å²) in [6, 6.07) is 5.28. The summed E-state index contributed by atoms with van der Waals surface area (Å²) in [6.45, 7) is 10.3. The highest BCUT2D eigenvalue weighted by atomic mass is 32.2. The zero-order chi connectivity index (χ0) is 13.9. The van der Waals surface area contributed by atoms with Gasteiger partial charge in [-0.25, -0.2) is 8.42 Å². The van der Waals surface area contributed by atoms with Crippen LogP contribution in [0, 0.1) is 13.8 Å². The van der Waals surface area contributed by atoms with Crippen molar-refractivity contribution in [1.82, 2.24) is 5.32 Å². The van der Waals surface area contributed by atoms with Gasteiger partial charge in [0.05, 0.1) is 10.1 Å². The Kier molecular flexibility index (Phi) is 4.93. The van der Waals surface area contributed by atoms with E-state index in [1.54, 1.807) is 19.1 Å². The van der Waals surface area contributed by atoms with E-state index in [-0.39, 0.29) is 6.04 Å². The van der Waals surface area contributed by atoms with Gasteiger partial charge in [-0.3, -0.25) is 0 Å². The van der Waals surface area contributed by atoms with Crippen LogP contribution in [0.2, 0.25) is 0 Å². The lowest BCUT2D eigenvalue weighted by Gasteiger charge is -2.21. The Bertz CT molecular complexity index is 509. The first kappa shape index (κ1) is 15.2. The standard InChI is InChI=1S/C14H23NO2S/c1-6-15-12(4)13(5)18(16,17)14-8-7-10(2)11(3)9-14/h7-9,12-13,15H,6H2,1-5H3. The third kappa shape index (κ3) is 3.12. The molecular formula is C14H23NO2S. The van der Waals surface area contributed by atoms with Gasteiger partial charge in [-0.2, -0.15) is 0 Å². The van der Waals surface area contributed by atoms with Gasteiger partial charge < -0.3 is 5.32 Å². The molecule has 0 aliphatic carbocycles. The van der Waals surface area contributed by atoms with Crippen LogP contribution >= 0.6 is 0 Å². The van der Waals surface area contributed by atoms with E-state index >= 15 is 0 Å². The van der Waals surface area contributed by atoms with Gasteiger partial charge in [0.2, 0.25) is 0 Å². The highest BCUT2D eigenvalue weighted by Crippen LogP contribution is 2.21. The maximum Gasteiger partial charge on any atom is 0.182 e. The molecule has 0 aliphatic rings. The van der Waals surface area contributed by atoms with Crippen LogP contribution in [-0.4, -0.2) is 26.3 Å². The van der Waals surface area contributed by atoms with E-state index in [2.05, 4.69) is 5.32 Å². The summed E-state index contributed by atoms with van der Waals surface area (Å²) >= 11 is 0. The molecule has 2 atom stereocenters. The topological polar surface area (TPSA) is 46.2 Å². The van der Waals surface area contributed by atoms with Crippen molar-refractivity contribution in [3.63, 3.8) is 0 Å². The maximum atomic E-state index is 12.5. The number of hydrogen-bond donors (Lipinski definition) is 1. The number of aryl methyl sites for hydroxylation is 2. The van der Waals surface area contributed by atoms with Crippen molar-refractivity contribution in [1.29, 1.82) is 0 Å². The second kappa shape index (κ2) is 5.85. The molecule has 0 aromatic heterocycles. The van der Waals surface area contributed by atoms with Gasteiger partial charge in [-0.15, -0.1) is 0 Å². The fourth-order valence-corrected chi connectivity index (χ4v) is 3.52. The molecule has 1 N–H and O–H groups in total. The predicted molar refractivity (Wildman–Crippen MR) is 75.7 cm³/mol. The predicted octanol–water partition coefficient (Wildman–Crippen LogP) is 2.46. The molecule has 102 valence electrons. The van der Waals surface area contributed by atoms with E-state index < -0.39 is 15.1 Å². The lowest BCUT2D eigenvalue weighted by atomic mass is 10.1. The first-order valence-corrected chi connectivity index (χ1v) is 7.89. The van der Waals surface area contributed by atoms with Gasteiger partial charge in [-0.1, -0.05) is 13.0 Å². The lowest BCUT2D eigenvalue weighted by molar-refractivity contribution is 0.521. The molecule has 0 radical (unpaired) electrons. The van der Waals surface area contributed by atoms with Gasteiger partial charge in [0.1, 0.15) is 0 Å². The molecule has 1 aromatic rings. The number of benzene rings is 1. The van der Waals surface area contributed by atoms with Crippen molar-refractivity contribution in [2.45, 2.75) is 50.8 Å². The summed E-state index contributed by atoms with van der Waals surface area (Å²) in [4.78, 5) is 0.419. The lowest BCUT2D eigenvalue weighted by Crippen LogP contribution is -2.40. The van der Waals surface area contributed by atoms with Crippen molar-refractivity contribution in [3.8, 4) is 0 Å². The second-order valence-electron chi connectivity index (χ2n) is 4.84. The van der Waals surface area contributed by atoms with Gasteiger partial charge in [-0.05, 0) is 57.5 Å². The fraction of sp³-hybridized carbons (Fsp3) is 0.571. The smallest absolute Gasteiger partial charge is 0.182 e. The number of nitrogens with one attached hydrogen (secondary N) is 1. The van der Waals surface area contributed by atoms with E-state index in [4.69, 9.17) is 0 Å². The summed E-state index contributed by atoms with van der Waals surface area (Å²) in [5.41, 5.74) is 2.13. The van der Waals surface area contributed by atoms with Crippen LogP contribution in [-0.2, 0) is 9.84 Å². The van der Waals surface area contributed by atoms with Crippen molar-refractivity contribution in [3.05, 3.63) is 29.3 Å². The molecule has 0 amide bonds. The molecule has 0 bridgehead atoms. The van der Waals surface area contributed by atoms with Gasteiger partial charge in [0.25, 0.3) is 0 Å². The summed E-state index contributed by atoms with van der Waals surface area (Å²) < 4.78 is 24.9. The average Bonchev–Trinajstić information content (AvgIpc) is 2.31. The Morgan fingerprint density at radius 1 is 1.17 bits per heavy atom. The minimum atomic E-state index is -3.26. The largest absolute Gasteiger partial charge is 0.313 e. The van der Waals surface area contributed by atoms with Crippen LogP contribution < -0.4 is 5.32 Å². The first-order valence-electron chi connectivity index (χ1n) is 6.35. The van der Waals surface area contributed by atoms with E-state index in [0.29, 0.717) is 4.90 Å². The Morgan fingerprint density at radius 2 is 1.78 bits per heavy atom. The fourth-order valence-electron chi connectivity index (χ4n) is 1.86. The van der Waals surface area contributed by atoms with Crippen LogP contribution in [0.5, 0.6) is 0 Å². The normalized spacial score (nSPS) is 15.4. The van der Waals surface area contributed by atoms with Gasteiger partial charge >= 0.3 is 0 Å². The number of hydrogen-bond acceptors (Lipinski definition) is 3. The summed E-state index contributed by atoms with van der Waals surface area (Å²) in [7, 11) is -3.26. The molecule has 18 heavy (non-hydrogen) atoms. The van der Waals surface area contributed by atoms with Crippen LogP contribution in [0.25, 0.3) is 0 Å². The average molecular weight is 269 g/mol. The Morgan fingerprint density at radius 3 is 2.28 bits per heavy atom. The molecule has 0 spiro atoms. The molecule has 3 nitrogen and oxygen atoms in total. The summed E-state index contributed by atoms with van der Waals surface area (Å²) in [5.74, 6) is 0. The summed E-state index contributed by atoms with van der Waals surface area (Å²) in [6.07, 6.45) is 0. The molecule has 0 saturated heterocycles. The third-order valence-electron chi connectivity index (χ3n) is 3.53. The van der Waals surface area contributed by atoms with Gasteiger partial charge in [0.15, 0.2) is 9.84 Å². The Hall–Kier alpha value is -0.870. The van der Waals surface area contributed by atoms with E-state index in [1.165, 1.54) is 0 Å². The van der Waals surface area contributed by atoms with Crippen LogP contribution in [0.15, 0.2) is 23.1 Å². The molecule has 4 heteroatoms. The molecule has 0 saturated carbocycles. The molecule has 0 heterocycles. The van der Waals surface area contributed by atoms with Gasteiger partial charge in [0, 0.05) is 6.04 Å². The van der Waals surface area contributed by atoms with E-state index in [1.807, 2.05) is 33.8 Å². The SMILES string of the molecule is CCNC(C)C(C)S(=O)(=O)c1ccc(C)c(C)c1. The van der Waals surface area contributed by atoms with Crippen LogP contribution in [0.1, 0.15) is 31.9 Å². The van der Waals surface area contributed by atoms with Crippen molar-refractivity contribution < 1.29 is 8.42 Å². The van der Waals surface area contributed by atoms with Crippen molar-refractivity contribution >= 4 is 9.84 Å². The van der Waals surface area contributed by atoms with Crippen molar-refractivity contribution in [2.24, 2.45) is 0 Å². The molecular weight excluding hydrogens is 246 g/mol. The zero-order valence-corrected chi connectivity index (χ0v) is 12.6. The molecule has 1 aromatic carbocycles. The Balaban J connectivity index is 3.09. The highest BCUT2D eigenvalue weighted by molar-refractivity contribution is 7.92. The Labute approximate surface area is 111 Å². The monoisotopic (exact) mass is 269 g/mol. The number of rotatable bonds is 5. The van der Waals surface area contributed by atoms with E-state index in [9.17, 15) is 8.42 Å². The highest BCUT2D eigenvalue weighted by Gasteiger charge is 2.27. The zero-order valence-electron chi connectivity index (χ0n) is 11.8.